The number of carbonyl (C=O) groups is 3. The fourth-order valence-electron chi connectivity index (χ4n) is 3.46. The minimum absolute atomic E-state index is 0.154. The molecular formula is C16H21N3O4. The van der Waals surface area contributed by atoms with Crippen molar-refractivity contribution in [2.45, 2.75) is 45.3 Å². The van der Waals surface area contributed by atoms with Crippen LogP contribution in [0.4, 0.5) is 4.79 Å². The van der Waals surface area contributed by atoms with Gasteiger partial charge in [0, 0.05) is 0 Å². The number of likely N-dealkylation sites (tertiary alicyclic amines) is 1. The Bertz CT molecular complexity index is 574. The number of furan rings is 1. The highest BCUT2D eigenvalue weighted by Gasteiger charge is 2.49. The minimum atomic E-state index is -0.655. The number of nitrogens with zero attached hydrogens (tertiary/aromatic N) is 1. The largest absolute Gasteiger partial charge is 0.467 e. The van der Waals surface area contributed by atoms with Gasteiger partial charge in [-0.25, -0.2) is 4.79 Å². The topological polar surface area (TPSA) is 91.7 Å². The molecular weight excluding hydrogens is 298 g/mol. The van der Waals surface area contributed by atoms with Gasteiger partial charge in [0.1, 0.15) is 11.9 Å². The van der Waals surface area contributed by atoms with E-state index in [9.17, 15) is 14.4 Å². The second kappa shape index (κ2) is 6.44. The van der Waals surface area contributed by atoms with Crippen LogP contribution in [0.3, 0.4) is 0 Å². The van der Waals surface area contributed by atoms with Crippen LogP contribution in [0.15, 0.2) is 22.8 Å². The molecule has 23 heavy (non-hydrogen) atoms. The van der Waals surface area contributed by atoms with Crippen molar-refractivity contribution in [2.24, 2.45) is 11.8 Å². The summed E-state index contributed by atoms with van der Waals surface area (Å²) in [6.07, 6.45) is 4.38. The lowest BCUT2D eigenvalue weighted by atomic mass is 9.81. The third kappa shape index (κ3) is 3.09. The average Bonchev–Trinajstić information content (AvgIpc) is 3.13. The van der Waals surface area contributed by atoms with E-state index in [1.165, 1.54) is 11.2 Å². The van der Waals surface area contributed by atoms with Crippen LogP contribution in [0.1, 0.15) is 38.4 Å². The van der Waals surface area contributed by atoms with Gasteiger partial charge in [-0.2, -0.15) is 0 Å². The summed E-state index contributed by atoms with van der Waals surface area (Å²) in [5.74, 6) is -0.0809. The van der Waals surface area contributed by atoms with Gasteiger partial charge in [0.25, 0.3) is 0 Å². The van der Waals surface area contributed by atoms with E-state index in [1.54, 1.807) is 19.1 Å². The van der Waals surface area contributed by atoms with Crippen LogP contribution in [-0.2, 0) is 16.1 Å². The van der Waals surface area contributed by atoms with Gasteiger partial charge in [-0.15, -0.1) is 0 Å². The van der Waals surface area contributed by atoms with Crippen LogP contribution in [0.5, 0.6) is 0 Å². The Kier molecular flexibility index (Phi) is 4.36. The van der Waals surface area contributed by atoms with Gasteiger partial charge < -0.3 is 15.1 Å². The molecule has 1 aliphatic heterocycles. The Morgan fingerprint density at radius 2 is 1.96 bits per heavy atom. The summed E-state index contributed by atoms with van der Waals surface area (Å²) in [6, 6.07) is 3.05. The van der Waals surface area contributed by atoms with E-state index >= 15 is 0 Å². The lowest BCUT2D eigenvalue weighted by Gasteiger charge is -2.24. The number of rotatable bonds is 4. The zero-order valence-corrected chi connectivity index (χ0v) is 13.1. The van der Waals surface area contributed by atoms with Crippen molar-refractivity contribution in [1.82, 2.24) is 15.5 Å². The molecule has 0 bridgehead atoms. The van der Waals surface area contributed by atoms with Gasteiger partial charge in [0.05, 0.1) is 24.6 Å². The maximum atomic E-state index is 12.4. The number of imide groups is 1. The van der Waals surface area contributed by atoms with Gasteiger partial charge in [0.15, 0.2) is 0 Å². The van der Waals surface area contributed by atoms with E-state index in [1.807, 2.05) is 0 Å². The molecule has 2 heterocycles. The SMILES string of the molecule is CC(NC(=O)NCc1ccco1)N1C(=O)C2CCCCC2C1=O. The van der Waals surface area contributed by atoms with Gasteiger partial charge in [-0.1, -0.05) is 12.8 Å². The molecule has 3 atom stereocenters. The molecule has 0 radical (unpaired) electrons. The standard InChI is InChI=1S/C16H21N3O4/c1-10(18-16(22)17-9-11-5-4-8-23-11)19-14(20)12-6-2-3-7-13(12)15(19)21/h4-5,8,10,12-13H,2-3,6-7,9H2,1H3,(H2,17,18,22). The number of amides is 4. The van der Waals surface area contributed by atoms with Gasteiger partial charge in [-0.05, 0) is 31.9 Å². The maximum absolute atomic E-state index is 12.4. The number of nitrogens with one attached hydrogen (secondary N) is 2. The first-order chi connectivity index (χ1) is 11.1. The number of urea groups is 1. The van der Waals surface area contributed by atoms with E-state index in [4.69, 9.17) is 4.42 Å². The quantitative estimate of drug-likeness (QED) is 0.825. The highest BCUT2D eigenvalue weighted by Crippen LogP contribution is 2.38. The molecule has 4 amide bonds. The number of carbonyl (C=O) groups excluding carboxylic acids is 3. The van der Waals surface area contributed by atoms with Gasteiger partial charge >= 0.3 is 6.03 Å². The lowest BCUT2D eigenvalue weighted by molar-refractivity contribution is -0.142. The summed E-state index contributed by atoms with van der Waals surface area (Å²) in [7, 11) is 0. The summed E-state index contributed by atoms with van der Waals surface area (Å²) < 4.78 is 5.13. The van der Waals surface area contributed by atoms with Crippen LogP contribution in [-0.4, -0.2) is 28.9 Å². The monoisotopic (exact) mass is 319 g/mol. The van der Waals surface area contributed by atoms with E-state index in [0.29, 0.717) is 5.76 Å². The van der Waals surface area contributed by atoms with Crippen LogP contribution in [0, 0.1) is 11.8 Å². The van der Waals surface area contributed by atoms with Crippen LogP contribution in [0.2, 0.25) is 0 Å². The molecule has 7 heteroatoms. The molecule has 0 aromatic carbocycles. The normalized spacial score (nSPS) is 25.2. The molecule has 2 fully saturated rings. The van der Waals surface area contributed by atoms with Crippen molar-refractivity contribution in [3.8, 4) is 0 Å². The molecule has 1 aromatic rings. The Balaban J connectivity index is 1.57. The third-order valence-electron chi connectivity index (χ3n) is 4.61. The Labute approximate surface area is 134 Å². The summed E-state index contributed by atoms with van der Waals surface area (Å²) >= 11 is 0. The molecule has 124 valence electrons. The van der Waals surface area contributed by atoms with Crippen molar-refractivity contribution in [3.63, 3.8) is 0 Å². The van der Waals surface area contributed by atoms with Gasteiger partial charge in [0.2, 0.25) is 11.8 Å². The predicted octanol–water partition coefficient (Wildman–Crippen LogP) is 1.60. The first-order valence-corrected chi connectivity index (χ1v) is 8.01. The fraction of sp³-hybridized carbons (Fsp3) is 0.562. The third-order valence-corrected chi connectivity index (χ3v) is 4.61. The smallest absolute Gasteiger partial charge is 0.316 e. The summed E-state index contributed by atoms with van der Waals surface area (Å²) in [4.78, 5) is 38.0. The number of hydrogen-bond donors (Lipinski definition) is 2. The second-order valence-electron chi connectivity index (χ2n) is 6.13. The molecule has 1 aromatic heterocycles. The average molecular weight is 319 g/mol. The summed E-state index contributed by atoms with van der Waals surface area (Å²) in [6.45, 7) is 1.90. The van der Waals surface area contributed by atoms with E-state index in [-0.39, 0.29) is 30.2 Å². The van der Waals surface area contributed by atoms with Crippen molar-refractivity contribution >= 4 is 17.8 Å². The van der Waals surface area contributed by atoms with Crippen LogP contribution >= 0.6 is 0 Å². The zero-order valence-electron chi connectivity index (χ0n) is 13.1. The first kappa shape index (κ1) is 15.6. The fourth-order valence-corrected chi connectivity index (χ4v) is 3.46. The van der Waals surface area contributed by atoms with Crippen molar-refractivity contribution in [2.75, 3.05) is 0 Å². The molecule has 2 N–H and O–H groups in total. The summed E-state index contributed by atoms with van der Waals surface area (Å²) in [5.41, 5.74) is 0. The molecule has 1 saturated heterocycles. The molecule has 1 aliphatic carbocycles. The molecule has 1 saturated carbocycles. The van der Waals surface area contributed by atoms with E-state index < -0.39 is 12.2 Å². The van der Waals surface area contributed by atoms with Crippen molar-refractivity contribution < 1.29 is 18.8 Å². The Hall–Kier alpha value is -2.31. The van der Waals surface area contributed by atoms with Crippen molar-refractivity contribution in [3.05, 3.63) is 24.2 Å². The Morgan fingerprint density at radius 1 is 1.30 bits per heavy atom. The molecule has 3 rings (SSSR count). The van der Waals surface area contributed by atoms with E-state index in [2.05, 4.69) is 10.6 Å². The van der Waals surface area contributed by atoms with Gasteiger partial charge in [-0.3, -0.25) is 14.5 Å². The summed E-state index contributed by atoms with van der Waals surface area (Å²) in [5, 5.41) is 5.29. The lowest BCUT2D eigenvalue weighted by Crippen LogP contribution is -2.52. The predicted molar refractivity (Wildman–Crippen MR) is 80.8 cm³/mol. The second-order valence-corrected chi connectivity index (χ2v) is 6.13. The highest BCUT2D eigenvalue weighted by molar-refractivity contribution is 6.05. The highest BCUT2D eigenvalue weighted by atomic mass is 16.3. The minimum Gasteiger partial charge on any atom is -0.467 e. The zero-order chi connectivity index (χ0) is 16.4. The molecule has 0 spiro atoms. The van der Waals surface area contributed by atoms with Crippen molar-refractivity contribution in [1.29, 1.82) is 0 Å². The number of hydrogen-bond acceptors (Lipinski definition) is 4. The molecule has 7 nitrogen and oxygen atoms in total. The maximum Gasteiger partial charge on any atom is 0.316 e. The number of fused-ring (bicyclic) bond motifs is 1. The molecule has 2 aliphatic rings. The Morgan fingerprint density at radius 3 is 2.52 bits per heavy atom. The first-order valence-electron chi connectivity index (χ1n) is 8.01. The van der Waals surface area contributed by atoms with Crippen LogP contribution < -0.4 is 10.6 Å². The van der Waals surface area contributed by atoms with E-state index in [0.717, 1.165) is 25.7 Å². The van der Waals surface area contributed by atoms with Crippen LogP contribution in [0.25, 0.3) is 0 Å². The molecule has 3 unspecified atom stereocenters.